The number of carboxylic acid groups (broad SMARTS) is 1. The fourth-order valence-corrected chi connectivity index (χ4v) is 3.06. The van der Waals surface area contributed by atoms with Crippen molar-refractivity contribution in [2.75, 3.05) is 18.4 Å². The van der Waals surface area contributed by atoms with Gasteiger partial charge in [0.05, 0.1) is 10.6 Å². The number of nitrogens with zero attached hydrogens (tertiary/aromatic N) is 1. The molecule has 0 bridgehead atoms. The first kappa shape index (κ1) is 15.6. The van der Waals surface area contributed by atoms with Gasteiger partial charge in [-0.1, -0.05) is 25.4 Å². The Morgan fingerprint density at radius 2 is 1.90 bits per heavy atom. The first-order chi connectivity index (χ1) is 9.86. The van der Waals surface area contributed by atoms with Gasteiger partial charge in [0.15, 0.2) is 0 Å². The number of aromatic carboxylic acids is 1. The Morgan fingerprint density at radius 3 is 2.43 bits per heavy atom. The number of halogens is 1. The van der Waals surface area contributed by atoms with Crippen molar-refractivity contribution in [3.63, 3.8) is 0 Å². The smallest absolute Gasteiger partial charge is 0.337 e. The number of carbonyl (C=O) groups is 2. The van der Waals surface area contributed by atoms with Crippen LogP contribution in [0.4, 0.5) is 10.5 Å². The molecule has 6 heteroatoms. The van der Waals surface area contributed by atoms with Gasteiger partial charge < -0.3 is 15.3 Å². The average molecular weight is 311 g/mol. The highest BCUT2D eigenvalue weighted by molar-refractivity contribution is 6.33. The number of benzene rings is 1. The predicted molar refractivity (Wildman–Crippen MR) is 81.9 cm³/mol. The van der Waals surface area contributed by atoms with Crippen LogP contribution in [0.25, 0.3) is 0 Å². The number of amides is 2. The number of nitrogens with one attached hydrogen (secondary N) is 1. The highest BCUT2D eigenvalue weighted by Crippen LogP contribution is 2.24. The van der Waals surface area contributed by atoms with Gasteiger partial charge in [-0.3, -0.25) is 0 Å². The number of urea groups is 1. The van der Waals surface area contributed by atoms with Crippen LogP contribution in [0.15, 0.2) is 18.2 Å². The van der Waals surface area contributed by atoms with Crippen LogP contribution in [0.1, 0.15) is 30.6 Å². The van der Waals surface area contributed by atoms with E-state index < -0.39 is 5.97 Å². The van der Waals surface area contributed by atoms with Crippen molar-refractivity contribution < 1.29 is 14.7 Å². The molecule has 2 rings (SSSR count). The number of carbonyl (C=O) groups excluding carboxylic acids is 1. The number of piperidine rings is 1. The summed E-state index contributed by atoms with van der Waals surface area (Å²) in [7, 11) is 0. The zero-order valence-corrected chi connectivity index (χ0v) is 12.9. The molecular weight excluding hydrogens is 292 g/mol. The van der Waals surface area contributed by atoms with Gasteiger partial charge in [-0.2, -0.15) is 0 Å². The van der Waals surface area contributed by atoms with Crippen molar-refractivity contribution in [1.82, 2.24) is 4.90 Å². The molecule has 114 valence electrons. The number of anilines is 1. The lowest BCUT2D eigenvalue weighted by atomic mass is 9.92. The van der Waals surface area contributed by atoms with Crippen molar-refractivity contribution in [1.29, 1.82) is 0 Å². The molecule has 0 spiro atoms. The van der Waals surface area contributed by atoms with E-state index in [2.05, 4.69) is 19.2 Å². The minimum Gasteiger partial charge on any atom is -0.478 e. The van der Waals surface area contributed by atoms with E-state index in [1.165, 1.54) is 12.1 Å². The molecule has 2 atom stereocenters. The molecule has 1 fully saturated rings. The number of hydrogen-bond acceptors (Lipinski definition) is 2. The van der Waals surface area contributed by atoms with Crippen LogP contribution < -0.4 is 5.32 Å². The van der Waals surface area contributed by atoms with E-state index in [-0.39, 0.29) is 16.6 Å². The fraction of sp³-hybridized carbons (Fsp3) is 0.467. The third-order valence-corrected chi connectivity index (χ3v) is 3.92. The van der Waals surface area contributed by atoms with Crippen molar-refractivity contribution in [2.24, 2.45) is 11.8 Å². The predicted octanol–water partition coefficient (Wildman–Crippen LogP) is 3.55. The molecule has 0 aliphatic carbocycles. The van der Waals surface area contributed by atoms with Crippen molar-refractivity contribution in [2.45, 2.75) is 20.3 Å². The second kappa shape index (κ2) is 6.35. The van der Waals surface area contributed by atoms with Gasteiger partial charge in [-0.25, -0.2) is 9.59 Å². The zero-order valence-electron chi connectivity index (χ0n) is 12.1. The number of rotatable bonds is 2. The molecule has 0 radical (unpaired) electrons. The molecule has 2 unspecified atom stereocenters. The molecule has 0 saturated carbocycles. The van der Waals surface area contributed by atoms with E-state index in [0.717, 1.165) is 19.5 Å². The summed E-state index contributed by atoms with van der Waals surface area (Å²) in [6.07, 6.45) is 1.13. The van der Waals surface area contributed by atoms with Crippen LogP contribution in [0.3, 0.4) is 0 Å². The van der Waals surface area contributed by atoms with E-state index in [1.54, 1.807) is 11.0 Å². The lowest BCUT2D eigenvalue weighted by Gasteiger charge is -2.34. The molecule has 1 aliphatic rings. The maximum atomic E-state index is 12.2. The third kappa shape index (κ3) is 3.88. The summed E-state index contributed by atoms with van der Waals surface area (Å²) < 4.78 is 0. The minimum absolute atomic E-state index is 0.0230. The molecule has 1 aliphatic heterocycles. The summed E-state index contributed by atoms with van der Waals surface area (Å²) in [5.74, 6) is -0.119. The van der Waals surface area contributed by atoms with Crippen LogP contribution >= 0.6 is 11.6 Å². The lowest BCUT2D eigenvalue weighted by molar-refractivity contribution is 0.0697. The van der Waals surface area contributed by atoms with Crippen molar-refractivity contribution in [3.05, 3.63) is 28.8 Å². The Kier molecular flexibility index (Phi) is 4.73. The summed E-state index contributed by atoms with van der Waals surface area (Å²) in [6, 6.07) is 4.22. The topological polar surface area (TPSA) is 69.6 Å². The zero-order chi connectivity index (χ0) is 15.6. The standard InChI is InChI=1S/C15H19ClN2O3/c1-9-5-10(2)8-18(7-9)15(21)17-11-3-4-12(14(19)20)13(16)6-11/h3-4,6,9-10H,5,7-8H2,1-2H3,(H,17,21)(H,19,20). The molecular formula is C15H19ClN2O3. The summed E-state index contributed by atoms with van der Waals surface area (Å²) in [6.45, 7) is 5.73. The summed E-state index contributed by atoms with van der Waals surface area (Å²) in [4.78, 5) is 24.9. The number of hydrogen-bond donors (Lipinski definition) is 2. The van der Waals surface area contributed by atoms with Crippen LogP contribution in [0.5, 0.6) is 0 Å². The summed E-state index contributed by atoms with van der Waals surface area (Å²) in [5, 5.41) is 11.8. The monoisotopic (exact) mass is 310 g/mol. The van der Waals surface area contributed by atoms with E-state index in [9.17, 15) is 9.59 Å². The quantitative estimate of drug-likeness (QED) is 0.877. The van der Waals surface area contributed by atoms with Crippen molar-refractivity contribution >= 4 is 29.3 Å². The van der Waals surface area contributed by atoms with Gasteiger partial charge in [0.1, 0.15) is 0 Å². The molecule has 5 nitrogen and oxygen atoms in total. The van der Waals surface area contributed by atoms with Crippen LogP contribution in [0, 0.1) is 11.8 Å². The number of carboxylic acids is 1. The maximum absolute atomic E-state index is 12.2. The van der Waals surface area contributed by atoms with Gasteiger partial charge >= 0.3 is 12.0 Å². The molecule has 0 aromatic heterocycles. The highest BCUT2D eigenvalue weighted by Gasteiger charge is 2.25. The molecule has 21 heavy (non-hydrogen) atoms. The SMILES string of the molecule is CC1CC(C)CN(C(=O)Nc2ccc(C(=O)O)c(Cl)c2)C1. The van der Waals surface area contributed by atoms with Gasteiger partial charge in [0.25, 0.3) is 0 Å². The third-order valence-electron chi connectivity index (χ3n) is 3.61. The summed E-state index contributed by atoms with van der Waals surface area (Å²) in [5.41, 5.74) is 0.524. The maximum Gasteiger partial charge on any atom is 0.337 e. The average Bonchev–Trinajstić information content (AvgIpc) is 2.37. The Labute approximate surface area is 128 Å². The molecule has 1 saturated heterocycles. The fourth-order valence-electron chi connectivity index (χ4n) is 2.80. The Hall–Kier alpha value is -1.75. The van der Waals surface area contributed by atoms with Crippen LogP contribution in [-0.2, 0) is 0 Å². The van der Waals surface area contributed by atoms with E-state index in [1.807, 2.05) is 0 Å². The van der Waals surface area contributed by atoms with Crippen LogP contribution in [-0.4, -0.2) is 35.1 Å². The van der Waals surface area contributed by atoms with Crippen molar-refractivity contribution in [3.8, 4) is 0 Å². The normalized spacial score (nSPS) is 22.0. The number of likely N-dealkylation sites (tertiary alicyclic amines) is 1. The van der Waals surface area contributed by atoms with E-state index >= 15 is 0 Å². The van der Waals surface area contributed by atoms with Crippen LogP contribution in [0.2, 0.25) is 5.02 Å². The van der Waals surface area contributed by atoms with Gasteiger partial charge in [0.2, 0.25) is 0 Å². The molecule has 1 aromatic carbocycles. The molecule has 1 heterocycles. The Morgan fingerprint density at radius 1 is 1.29 bits per heavy atom. The highest BCUT2D eigenvalue weighted by atomic mass is 35.5. The molecule has 1 aromatic rings. The van der Waals surface area contributed by atoms with E-state index in [4.69, 9.17) is 16.7 Å². The first-order valence-electron chi connectivity index (χ1n) is 6.95. The minimum atomic E-state index is -1.09. The van der Waals surface area contributed by atoms with Gasteiger partial charge in [-0.05, 0) is 36.5 Å². The molecule has 2 amide bonds. The second-order valence-electron chi connectivity index (χ2n) is 5.78. The van der Waals surface area contributed by atoms with Gasteiger partial charge in [0, 0.05) is 18.8 Å². The lowest BCUT2D eigenvalue weighted by Crippen LogP contribution is -2.44. The van der Waals surface area contributed by atoms with E-state index in [0.29, 0.717) is 17.5 Å². The second-order valence-corrected chi connectivity index (χ2v) is 6.19. The Balaban J connectivity index is 2.06. The largest absolute Gasteiger partial charge is 0.478 e. The van der Waals surface area contributed by atoms with Gasteiger partial charge in [-0.15, -0.1) is 0 Å². The molecule has 2 N–H and O–H groups in total. The Bertz CT molecular complexity index is 552. The first-order valence-corrected chi connectivity index (χ1v) is 7.33. The summed E-state index contributed by atoms with van der Waals surface area (Å²) >= 11 is 5.89.